The third-order valence-corrected chi connectivity index (χ3v) is 2.83. The predicted molar refractivity (Wildman–Crippen MR) is 72.9 cm³/mol. The number of hydrogen-bond donors (Lipinski definition) is 2. The molecule has 1 heterocycles. The molecular formula is C11H17Cl2N3O. The van der Waals surface area contributed by atoms with Crippen molar-refractivity contribution < 1.29 is 4.79 Å². The van der Waals surface area contributed by atoms with Gasteiger partial charge in [-0.2, -0.15) is 0 Å². The molecule has 1 amide bonds. The second-order valence-electron chi connectivity index (χ2n) is 4.21. The summed E-state index contributed by atoms with van der Waals surface area (Å²) < 4.78 is 0. The van der Waals surface area contributed by atoms with E-state index in [-0.39, 0.29) is 30.7 Å². The van der Waals surface area contributed by atoms with Gasteiger partial charge in [0, 0.05) is 6.20 Å². The summed E-state index contributed by atoms with van der Waals surface area (Å²) in [6.07, 6.45) is 5.97. The predicted octanol–water partition coefficient (Wildman–Crippen LogP) is 2.05. The summed E-state index contributed by atoms with van der Waals surface area (Å²) in [6, 6.07) is 1.88. The SMILES string of the molecule is Cc1cncc(NC(=O)C2(N)CCC2)c1.Cl.Cl. The van der Waals surface area contributed by atoms with Crippen LogP contribution in [0.5, 0.6) is 0 Å². The van der Waals surface area contributed by atoms with Gasteiger partial charge in [0.15, 0.2) is 0 Å². The lowest BCUT2D eigenvalue weighted by Crippen LogP contribution is -2.56. The van der Waals surface area contributed by atoms with Gasteiger partial charge in [0.2, 0.25) is 5.91 Å². The molecule has 0 spiro atoms. The standard InChI is InChI=1S/C11H15N3O.2ClH/c1-8-5-9(7-13-6-8)14-10(15)11(12)3-2-4-11;;/h5-7H,2-4,12H2,1H3,(H,14,15);2*1H. The molecule has 4 nitrogen and oxygen atoms in total. The smallest absolute Gasteiger partial charge is 0.244 e. The Bertz CT molecular complexity index is 394. The van der Waals surface area contributed by atoms with Crippen molar-refractivity contribution in [2.45, 2.75) is 31.7 Å². The van der Waals surface area contributed by atoms with Crippen LogP contribution in [0.15, 0.2) is 18.5 Å². The number of aromatic nitrogens is 1. The Labute approximate surface area is 113 Å². The molecule has 1 aliphatic carbocycles. The molecule has 1 aromatic rings. The highest BCUT2D eigenvalue weighted by Gasteiger charge is 2.40. The summed E-state index contributed by atoms with van der Waals surface area (Å²) in [5.74, 6) is -0.0962. The monoisotopic (exact) mass is 277 g/mol. The summed E-state index contributed by atoms with van der Waals surface area (Å²) in [5.41, 5.74) is 6.99. The van der Waals surface area contributed by atoms with Crippen LogP contribution in [0.2, 0.25) is 0 Å². The Kier molecular flexibility index (Phi) is 5.88. The van der Waals surface area contributed by atoms with Crippen molar-refractivity contribution in [1.82, 2.24) is 4.98 Å². The zero-order valence-electron chi connectivity index (χ0n) is 9.60. The number of nitrogens with zero attached hydrogens (tertiary/aromatic N) is 1. The van der Waals surface area contributed by atoms with Crippen LogP contribution in [0, 0.1) is 6.92 Å². The van der Waals surface area contributed by atoms with E-state index in [2.05, 4.69) is 10.3 Å². The first kappa shape index (κ1) is 16.2. The fourth-order valence-electron chi connectivity index (χ4n) is 1.66. The summed E-state index contributed by atoms with van der Waals surface area (Å²) in [4.78, 5) is 15.8. The molecule has 1 aliphatic rings. The second kappa shape index (κ2) is 6.19. The van der Waals surface area contributed by atoms with Crippen molar-refractivity contribution in [3.05, 3.63) is 24.0 Å². The van der Waals surface area contributed by atoms with E-state index < -0.39 is 5.54 Å². The first-order chi connectivity index (χ1) is 7.10. The number of anilines is 1. The average Bonchev–Trinajstić information content (AvgIpc) is 2.14. The van der Waals surface area contributed by atoms with E-state index >= 15 is 0 Å². The number of rotatable bonds is 2. The van der Waals surface area contributed by atoms with E-state index in [0.717, 1.165) is 30.5 Å². The van der Waals surface area contributed by atoms with Crippen LogP contribution in [0.1, 0.15) is 24.8 Å². The summed E-state index contributed by atoms with van der Waals surface area (Å²) >= 11 is 0. The van der Waals surface area contributed by atoms with Crippen molar-refractivity contribution in [1.29, 1.82) is 0 Å². The molecule has 1 saturated carbocycles. The molecule has 0 aromatic carbocycles. The van der Waals surface area contributed by atoms with Crippen molar-refractivity contribution in [3.63, 3.8) is 0 Å². The molecule has 0 radical (unpaired) electrons. The number of aryl methyl sites for hydroxylation is 1. The zero-order valence-corrected chi connectivity index (χ0v) is 11.2. The molecule has 17 heavy (non-hydrogen) atoms. The molecule has 3 N–H and O–H groups in total. The Hall–Kier alpha value is -0.840. The van der Waals surface area contributed by atoms with Crippen LogP contribution in [0.25, 0.3) is 0 Å². The van der Waals surface area contributed by atoms with Crippen LogP contribution in [0.3, 0.4) is 0 Å². The van der Waals surface area contributed by atoms with Gasteiger partial charge in [-0.15, -0.1) is 24.8 Å². The highest BCUT2D eigenvalue weighted by molar-refractivity contribution is 5.98. The van der Waals surface area contributed by atoms with Gasteiger partial charge in [-0.25, -0.2) is 0 Å². The minimum atomic E-state index is -0.649. The van der Waals surface area contributed by atoms with Gasteiger partial charge in [0.25, 0.3) is 0 Å². The average molecular weight is 278 g/mol. The number of nitrogens with one attached hydrogen (secondary N) is 1. The van der Waals surface area contributed by atoms with Gasteiger partial charge >= 0.3 is 0 Å². The number of nitrogens with two attached hydrogens (primary N) is 1. The second-order valence-corrected chi connectivity index (χ2v) is 4.21. The van der Waals surface area contributed by atoms with E-state index in [1.807, 2.05) is 13.0 Å². The molecule has 0 saturated heterocycles. The fourth-order valence-corrected chi connectivity index (χ4v) is 1.66. The maximum Gasteiger partial charge on any atom is 0.244 e. The van der Waals surface area contributed by atoms with Gasteiger partial charge < -0.3 is 11.1 Å². The van der Waals surface area contributed by atoms with Gasteiger partial charge in [0.05, 0.1) is 17.4 Å². The van der Waals surface area contributed by atoms with Crippen molar-refractivity contribution in [2.24, 2.45) is 5.73 Å². The lowest BCUT2D eigenvalue weighted by molar-refractivity contribution is -0.123. The van der Waals surface area contributed by atoms with Crippen molar-refractivity contribution in [3.8, 4) is 0 Å². The lowest BCUT2D eigenvalue weighted by Gasteiger charge is -2.36. The number of carbonyl (C=O) groups excluding carboxylic acids is 1. The molecule has 1 fully saturated rings. The molecule has 1 aromatic heterocycles. The van der Waals surface area contributed by atoms with Crippen LogP contribution in [-0.2, 0) is 4.79 Å². The van der Waals surface area contributed by atoms with E-state index in [0.29, 0.717) is 0 Å². The highest BCUT2D eigenvalue weighted by atomic mass is 35.5. The molecular weight excluding hydrogens is 261 g/mol. The molecule has 96 valence electrons. The number of hydrogen-bond acceptors (Lipinski definition) is 3. The Morgan fingerprint density at radius 1 is 1.41 bits per heavy atom. The van der Waals surface area contributed by atoms with Crippen LogP contribution in [0.4, 0.5) is 5.69 Å². The number of carbonyl (C=O) groups is 1. The van der Waals surface area contributed by atoms with E-state index in [1.54, 1.807) is 12.4 Å². The van der Waals surface area contributed by atoms with Gasteiger partial charge in [0.1, 0.15) is 0 Å². The Morgan fingerprint density at radius 3 is 2.53 bits per heavy atom. The van der Waals surface area contributed by atoms with Crippen molar-refractivity contribution in [2.75, 3.05) is 5.32 Å². The number of halogens is 2. The molecule has 0 atom stereocenters. The normalized spacial score (nSPS) is 15.9. The third kappa shape index (κ3) is 3.56. The van der Waals surface area contributed by atoms with E-state index in [9.17, 15) is 4.79 Å². The van der Waals surface area contributed by atoms with Gasteiger partial charge in [-0.3, -0.25) is 9.78 Å². The van der Waals surface area contributed by atoms with Crippen LogP contribution < -0.4 is 11.1 Å². The lowest BCUT2D eigenvalue weighted by atomic mass is 9.77. The van der Waals surface area contributed by atoms with E-state index in [1.165, 1.54) is 0 Å². The Morgan fingerprint density at radius 2 is 2.06 bits per heavy atom. The van der Waals surface area contributed by atoms with Gasteiger partial charge in [-0.1, -0.05) is 0 Å². The highest BCUT2D eigenvalue weighted by Crippen LogP contribution is 2.30. The van der Waals surface area contributed by atoms with Gasteiger partial charge in [-0.05, 0) is 37.8 Å². The quantitative estimate of drug-likeness (QED) is 0.870. The summed E-state index contributed by atoms with van der Waals surface area (Å²) in [5, 5.41) is 2.80. The Balaban J connectivity index is 0.00000128. The summed E-state index contributed by atoms with van der Waals surface area (Å²) in [6.45, 7) is 1.93. The minimum absolute atomic E-state index is 0. The minimum Gasteiger partial charge on any atom is -0.323 e. The van der Waals surface area contributed by atoms with Crippen LogP contribution >= 0.6 is 24.8 Å². The van der Waals surface area contributed by atoms with Crippen LogP contribution in [-0.4, -0.2) is 16.4 Å². The molecule has 0 aliphatic heterocycles. The number of pyridine rings is 1. The van der Waals surface area contributed by atoms with Crippen molar-refractivity contribution >= 4 is 36.4 Å². The maximum absolute atomic E-state index is 11.8. The maximum atomic E-state index is 11.8. The third-order valence-electron chi connectivity index (χ3n) is 2.83. The topological polar surface area (TPSA) is 68.0 Å². The molecule has 2 rings (SSSR count). The van der Waals surface area contributed by atoms with E-state index in [4.69, 9.17) is 5.73 Å². The number of amides is 1. The fraction of sp³-hybridized carbons (Fsp3) is 0.455. The zero-order chi connectivity index (χ0) is 10.9. The molecule has 6 heteroatoms. The first-order valence-electron chi connectivity index (χ1n) is 5.12. The molecule has 0 unspecified atom stereocenters. The largest absolute Gasteiger partial charge is 0.323 e. The molecule has 0 bridgehead atoms. The summed E-state index contributed by atoms with van der Waals surface area (Å²) in [7, 11) is 0. The first-order valence-corrected chi connectivity index (χ1v) is 5.12.